The van der Waals surface area contributed by atoms with E-state index in [-0.39, 0.29) is 23.8 Å². The van der Waals surface area contributed by atoms with Crippen molar-refractivity contribution in [1.82, 2.24) is 29.6 Å². The summed E-state index contributed by atoms with van der Waals surface area (Å²) in [5.74, 6) is -0.0939. The van der Waals surface area contributed by atoms with E-state index in [0.717, 1.165) is 15.6 Å². The Hall–Kier alpha value is -4.14. The van der Waals surface area contributed by atoms with Gasteiger partial charge in [0.2, 0.25) is 5.78 Å². The van der Waals surface area contributed by atoms with Gasteiger partial charge in [-0.05, 0) is 11.6 Å². The number of pyridine rings is 1. The molecule has 3 aromatic heterocycles. The molecule has 9 heteroatoms. The largest absolute Gasteiger partial charge is 0.300 e. The van der Waals surface area contributed by atoms with Crippen molar-refractivity contribution in [2.75, 3.05) is 0 Å². The van der Waals surface area contributed by atoms with Crippen molar-refractivity contribution in [3.63, 3.8) is 0 Å². The lowest BCUT2D eigenvalue weighted by Crippen LogP contribution is -2.27. The second kappa shape index (κ2) is 7.62. The number of carbonyl (C=O) groups is 1. The summed E-state index contributed by atoms with van der Waals surface area (Å²) in [6.45, 7) is -0.0862. The van der Waals surface area contributed by atoms with Gasteiger partial charge in [-0.2, -0.15) is 19.7 Å². The first-order chi connectivity index (χ1) is 13.7. The molecule has 9 nitrogen and oxygen atoms in total. The van der Waals surface area contributed by atoms with Crippen molar-refractivity contribution in [1.29, 1.82) is 0 Å². The second-order valence-corrected chi connectivity index (χ2v) is 5.87. The molecule has 1 aromatic carbocycles. The third-order valence-corrected chi connectivity index (χ3v) is 3.99. The number of benzene rings is 1. The molecule has 3 heterocycles. The number of hydrazone groups is 1. The van der Waals surface area contributed by atoms with Crippen molar-refractivity contribution >= 4 is 17.9 Å². The van der Waals surface area contributed by atoms with Gasteiger partial charge in [-0.25, -0.2) is 5.43 Å². The van der Waals surface area contributed by atoms with E-state index < -0.39 is 0 Å². The number of nitrogens with one attached hydrogen (secondary N) is 1. The summed E-state index contributed by atoms with van der Waals surface area (Å²) >= 11 is 0. The van der Waals surface area contributed by atoms with E-state index in [4.69, 9.17) is 0 Å². The lowest BCUT2D eigenvalue weighted by molar-refractivity contribution is -0.121. The Morgan fingerprint density at radius 2 is 2.04 bits per heavy atom. The Balaban J connectivity index is 1.65. The summed E-state index contributed by atoms with van der Waals surface area (Å²) in [5.41, 5.74) is 4.27. The summed E-state index contributed by atoms with van der Waals surface area (Å²) in [6.07, 6.45) is 6.06. The van der Waals surface area contributed by atoms with Crippen molar-refractivity contribution in [2.24, 2.45) is 5.10 Å². The van der Waals surface area contributed by atoms with Gasteiger partial charge < -0.3 is 4.57 Å². The minimum atomic E-state index is -0.370. The van der Waals surface area contributed by atoms with Gasteiger partial charge >= 0.3 is 0 Å². The summed E-state index contributed by atoms with van der Waals surface area (Å²) in [7, 11) is 0. The van der Waals surface area contributed by atoms with Gasteiger partial charge in [0.1, 0.15) is 12.9 Å². The van der Waals surface area contributed by atoms with Crippen LogP contribution in [0.3, 0.4) is 0 Å². The molecule has 0 atom stereocenters. The fraction of sp³-hybridized carbons (Fsp3) is 0.0526. The molecule has 0 fully saturated rings. The standard InChI is InChI=1S/C19H15N7O2/c27-17(24-22-11-14-5-4-8-20-10-14)12-25-16(15-6-2-1-3-7-15)9-18(28)26-19(25)21-13-23-26/h1-11,13H,12H2,(H,24,27)/b22-11+. The first-order valence-corrected chi connectivity index (χ1v) is 8.43. The predicted molar refractivity (Wildman–Crippen MR) is 103 cm³/mol. The van der Waals surface area contributed by atoms with Gasteiger partial charge in [-0.15, -0.1) is 0 Å². The fourth-order valence-corrected chi connectivity index (χ4v) is 2.75. The molecule has 0 saturated carbocycles. The Morgan fingerprint density at radius 1 is 1.18 bits per heavy atom. The molecule has 1 N–H and O–H groups in total. The van der Waals surface area contributed by atoms with Crippen molar-refractivity contribution < 1.29 is 4.79 Å². The Labute approximate surface area is 159 Å². The highest BCUT2D eigenvalue weighted by molar-refractivity contribution is 5.82. The summed E-state index contributed by atoms with van der Waals surface area (Å²) in [4.78, 5) is 32.9. The predicted octanol–water partition coefficient (Wildman–Crippen LogP) is 1.10. The third-order valence-electron chi connectivity index (χ3n) is 3.99. The number of rotatable bonds is 5. The second-order valence-electron chi connectivity index (χ2n) is 5.87. The van der Waals surface area contributed by atoms with Gasteiger partial charge in [0.05, 0.1) is 11.9 Å². The fourth-order valence-electron chi connectivity index (χ4n) is 2.75. The minimum absolute atomic E-state index is 0.0862. The van der Waals surface area contributed by atoms with Crippen molar-refractivity contribution in [2.45, 2.75) is 6.54 Å². The zero-order valence-corrected chi connectivity index (χ0v) is 14.6. The van der Waals surface area contributed by atoms with Crippen LogP contribution in [-0.4, -0.2) is 36.3 Å². The number of fused-ring (bicyclic) bond motifs is 1. The third kappa shape index (κ3) is 3.54. The van der Waals surface area contributed by atoms with Crippen LogP contribution < -0.4 is 11.0 Å². The topological polar surface area (TPSA) is 107 Å². The Morgan fingerprint density at radius 3 is 2.82 bits per heavy atom. The monoisotopic (exact) mass is 373 g/mol. The van der Waals surface area contributed by atoms with E-state index in [1.807, 2.05) is 36.4 Å². The average molecular weight is 373 g/mol. The van der Waals surface area contributed by atoms with Crippen LogP contribution in [-0.2, 0) is 11.3 Å². The molecule has 0 aliphatic carbocycles. The first-order valence-electron chi connectivity index (χ1n) is 8.43. The quantitative estimate of drug-likeness (QED) is 0.416. The first kappa shape index (κ1) is 17.3. The van der Waals surface area contributed by atoms with Gasteiger partial charge in [-0.3, -0.25) is 14.6 Å². The van der Waals surface area contributed by atoms with Gasteiger partial charge in [0.15, 0.2) is 0 Å². The molecule has 4 aromatic rings. The number of hydrogen-bond acceptors (Lipinski definition) is 6. The van der Waals surface area contributed by atoms with E-state index in [0.29, 0.717) is 5.69 Å². The molecule has 0 saturated heterocycles. The lowest BCUT2D eigenvalue weighted by atomic mass is 10.1. The Bertz CT molecular complexity index is 1200. The van der Waals surface area contributed by atoms with Gasteiger partial charge in [0, 0.05) is 24.0 Å². The molecule has 4 rings (SSSR count). The van der Waals surface area contributed by atoms with Crippen LogP contribution in [0.2, 0.25) is 0 Å². The van der Waals surface area contributed by atoms with Gasteiger partial charge in [0.25, 0.3) is 11.5 Å². The van der Waals surface area contributed by atoms with Gasteiger partial charge in [-0.1, -0.05) is 36.4 Å². The van der Waals surface area contributed by atoms with Crippen molar-refractivity contribution in [3.05, 3.63) is 83.2 Å². The van der Waals surface area contributed by atoms with Crippen LogP contribution in [0.1, 0.15) is 5.56 Å². The highest BCUT2D eigenvalue weighted by Gasteiger charge is 2.15. The van der Waals surface area contributed by atoms with E-state index in [2.05, 4.69) is 25.6 Å². The Kier molecular flexibility index (Phi) is 4.70. The molecule has 0 unspecified atom stereocenters. The van der Waals surface area contributed by atoms with E-state index >= 15 is 0 Å². The van der Waals surface area contributed by atoms with Crippen LogP contribution in [0.25, 0.3) is 17.0 Å². The SMILES string of the molecule is O=C(Cn1c(-c2ccccc2)cc(=O)n2ncnc12)N/N=C/c1cccnc1. The molecule has 0 radical (unpaired) electrons. The van der Waals surface area contributed by atoms with Crippen LogP contribution in [0.15, 0.2) is 77.1 Å². The molecule has 138 valence electrons. The number of aromatic nitrogens is 5. The van der Waals surface area contributed by atoms with E-state index in [1.54, 1.807) is 23.0 Å². The zero-order valence-electron chi connectivity index (χ0n) is 14.6. The molecule has 0 aliphatic heterocycles. The molecule has 1 amide bonds. The minimum Gasteiger partial charge on any atom is -0.300 e. The maximum absolute atomic E-state index is 12.4. The molecule has 0 bridgehead atoms. The lowest BCUT2D eigenvalue weighted by Gasteiger charge is -2.13. The molecule has 0 spiro atoms. The number of hydrogen-bond donors (Lipinski definition) is 1. The number of amides is 1. The zero-order chi connectivity index (χ0) is 19.3. The average Bonchev–Trinajstić information content (AvgIpc) is 3.22. The summed E-state index contributed by atoms with van der Waals surface area (Å²) < 4.78 is 2.78. The highest BCUT2D eigenvalue weighted by atomic mass is 16.2. The molecular weight excluding hydrogens is 358 g/mol. The van der Waals surface area contributed by atoms with Crippen molar-refractivity contribution in [3.8, 4) is 11.3 Å². The highest BCUT2D eigenvalue weighted by Crippen LogP contribution is 2.19. The van der Waals surface area contributed by atoms with Crippen LogP contribution in [0.5, 0.6) is 0 Å². The van der Waals surface area contributed by atoms with E-state index in [9.17, 15) is 9.59 Å². The smallest absolute Gasteiger partial charge is 0.276 e. The number of carbonyl (C=O) groups excluding carboxylic acids is 1. The number of nitrogens with zero attached hydrogens (tertiary/aromatic N) is 6. The van der Waals surface area contributed by atoms with Crippen LogP contribution >= 0.6 is 0 Å². The summed E-state index contributed by atoms with van der Waals surface area (Å²) in [6, 6.07) is 14.3. The maximum Gasteiger partial charge on any atom is 0.276 e. The molecular formula is C19H15N7O2. The van der Waals surface area contributed by atoms with Crippen LogP contribution in [0, 0.1) is 0 Å². The van der Waals surface area contributed by atoms with Crippen LogP contribution in [0.4, 0.5) is 0 Å². The maximum atomic E-state index is 12.4. The summed E-state index contributed by atoms with van der Waals surface area (Å²) in [5, 5.41) is 7.87. The van der Waals surface area contributed by atoms with E-state index in [1.165, 1.54) is 18.6 Å². The molecule has 28 heavy (non-hydrogen) atoms. The molecule has 0 aliphatic rings. The normalized spacial score (nSPS) is 11.1.